The number of nitrogens with one attached hydrogen (secondary N) is 3. The molecule has 0 spiro atoms. The summed E-state index contributed by atoms with van der Waals surface area (Å²) in [4.78, 5) is 22.3. The van der Waals surface area contributed by atoms with Gasteiger partial charge in [-0.2, -0.15) is 0 Å². The second kappa shape index (κ2) is 11.2. The number of nitrogens with zero attached hydrogens (tertiary/aromatic N) is 2. The summed E-state index contributed by atoms with van der Waals surface area (Å²) in [6.45, 7) is 6.49. The molecule has 0 aliphatic heterocycles. The van der Waals surface area contributed by atoms with Crippen LogP contribution >= 0.6 is 11.3 Å². The number of aryl methyl sites for hydroxylation is 1. The van der Waals surface area contributed by atoms with Gasteiger partial charge < -0.3 is 21.1 Å². The molecule has 0 saturated carbocycles. The Labute approximate surface area is 163 Å². The molecule has 0 bridgehead atoms. The Morgan fingerprint density at radius 1 is 1.19 bits per heavy atom. The summed E-state index contributed by atoms with van der Waals surface area (Å²) in [5, 5.41) is 19.9. The monoisotopic (exact) mass is 389 g/mol. The van der Waals surface area contributed by atoms with E-state index in [2.05, 4.69) is 32.9 Å². The molecule has 1 heterocycles. The van der Waals surface area contributed by atoms with E-state index in [1.165, 1.54) is 10.9 Å². The summed E-state index contributed by atoms with van der Waals surface area (Å²) in [5.74, 6) is 0.389. The molecule has 8 heteroatoms. The Hall–Kier alpha value is -2.61. The van der Waals surface area contributed by atoms with Crippen LogP contribution in [-0.2, 0) is 12.8 Å². The molecule has 0 atom stereocenters. The average molecular weight is 390 g/mol. The molecule has 1 aromatic heterocycles. The van der Waals surface area contributed by atoms with E-state index < -0.39 is 0 Å². The van der Waals surface area contributed by atoms with Crippen LogP contribution in [0.2, 0.25) is 0 Å². The lowest BCUT2D eigenvalue weighted by Gasteiger charge is -2.12. The molecule has 4 N–H and O–H groups in total. The first-order valence-corrected chi connectivity index (χ1v) is 9.97. The lowest BCUT2D eigenvalue weighted by Crippen LogP contribution is -2.41. The van der Waals surface area contributed by atoms with Gasteiger partial charge in [-0.15, -0.1) is 11.3 Å². The molecule has 0 unspecified atom stereocenters. The second-order valence-electron chi connectivity index (χ2n) is 5.78. The number of rotatable bonds is 9. The first-order chi connectivity index (χ1) is 13.1. The zero-order valence-corrected chi connectivity index (χ0v) is 16.6. The molecule has 0 radical (unpaired) electrons. The lowest BCUT2D eigenvalue weighted by molar-refractivity contribution is 0.0951. The number of carbonyl (C=O) groups is 1. The minimum absolute atomic E-state index is 0.0220. The Balaban J connectivity index is 1.74. The van der Waals surface area contributed by atoms with Gasteiger partial charge in [0.25, 0.3) is 5.91 Å². The average Bonchev–Trinajstić information content (AvgIpc) is 3.13. The fraction of sp³-hybridized carbons (Fsp3) is 0.421. The van der Waals surface area contributed by atoms with Gasteiger partial charge in [0.15, 0.2) is 5.96 Å². The predicted octanol–water partition coefficient (Wildman–Crippen LogP) is 1.94. The molecular formula is C19H27N5O2S. The number of guanidine groups is 1. The number of hydrogen-bond acceptors (Lipinski definition) is 5. The van der Waals surface area contributed by atoms with Crippen molar-refractivity contribution in [1.82, 2.24) is 20.9 Å². The first kappa shape index (κ1) is 20.7. The number of aromatic nitrogens is 1. The number of aromatic hydroxyl groups is 1. The van der Waals surface area contributed by atoms with Gasteiger partial charge in [-0.05, 0) is 25.5 Å². The van der Waals surface area contributed by atoms with Gasteiger partial charge in [0.05, 0.1) is 10.6 Å². The molecule has 0 aliphatic rings. The lowest BCUT2D eigenvalue weighted by atomic mass is 10.2. The van der Waals surface area contributed by atoms with Gasteiger partial charge in [0.2, 0.25) is 0 Å². The summed E-state index contributed by atoms with van der Waals surface area (Å²) in [5.41, 5.74) is 0.271. The SMILES string of the molecule is CCNC(=NCCc1ncc(CC)s1)NCCNC(=O)c1ccccc1O. The smallest absolute Gasteiger partial charge is 0.255 e. The van der Waals surface area contributed by atoms with Crippen molar-refractivity contribution in [2.75, 3.05) is 26.2 Å². The van der Waals surface area contributed by atoms with Crippen molar-refractivity contribution >= 4 is 23.2 Å². The molecule has 146 valence electrons. The maximum Gasteiger partial charge on any atom is 0.255 e. The Morgan fingerprint density at radius 2 is 1.96 bits per heavy atom. The number of benzene rings is 1. The van der Waals surface area contributed by atoms with Gasteiger partial charge in [0, 0.05) is 43.7 Å². The predicted molar refractivity (Wildman–Crippen MR) is 110 cm³/mol. The van der Waals surface area contributed by atoms with Crippen molar-refractivity contribution in [3.05, 3.63) is 45.9 Å². The fourth-order valence-corrected chi connectivity index (χ4v) is 3.20. The molecule has 7 nitrogen and oxygen atoms in total. The molecule has 1 aromatic carbocycles. The number of phenols is 1. The van der Waals surface area contributed by atoms with Crippen LogP contribution in [-0.4, -0.2) is 48.1 Å². The maximum absolute atomic E-state index is 12.0. The summed E-state index contributed by atoms with van der Waals surface area (Å²) < 4.78 is 0. The van der Waals surface area contributed by atoms with Gasteiger partial charge in [-0.25, -0.2) is 4.98 Å². The van der Waals surface area contributed by atoms with Gasteiger partial charge in [0.1, 0.15) is 5.75 Å². The van der Waals surface area contributed by atoms with Crippen LogP contribution in [0.5, 0.6) is 5.75 Å². The van der Waals surface area contributed by atoms with E-state index in [4.69, 9.17) is 0 Å². The van der Waals surface area contributed by atoms with E-state index in [-0.39, 0.29) is 17.2 Å². The minimum Gasteiger partial charge on any atom is -0.507 e. The van der Waals surface area contributed by atoms with Gasteiger partial charge in [-0.3, -0.25) is 9.79 Å². The van der Waals surface area contributed by atoms with Crippen LogP contribution in [0.15, 0.2) is 35.5 Å². The zero-order chi connectivity index (χ0) is 19.5. The molecule has 2 aromatic rings. The van der Waals surface area contributed by atoms with Crippen LogP contribution in [0.25, 0.3) is 0 Å². The van der Waals surface area contributed by atoms with Crippen molar-refractivity contribution in [3.63, 3.8) is 0 Å². The standard InChI is InChI=1S/C19H27N5O2S/c1-3-14-13-24-17(27-14)9-10-22-19(20-4-2)23-12-11-21-18(26)15-7-5-6-8-16(15)25/h5-8,13,25H,3-4,9-12H2,1-2H3,(H,21,26)(H2,20,22,23). The molecule has 0 saturated heterocycles. The quantitative estimate of drug-likeness (QED) is 0.298. The highest BCUT2D eigenvalue weighted by molar-refractivity contribution is 7.11. The fourth-order valence-electron chi connectivity index (χ4n) is 2.35. The molecular weight excluding hydrogens is 362 g/mol. The highest BCUT2D eigenvalue weighted by Gasteiger charge is 2.09. The normalized spacial score (nSPS) is 11.3. The number of aliphatic imine (C=N–C) groups is 1. The number of hydrogen-bond donors (Lipinski definition) is 4. The third-order valence-corrected chi connectivity index (χ3v) is 4.94. The molecule has 2 rings (SSSR count). The number of thiazole rings is 1. The van der Waals surface area contributed by atoms with Crippen LogP contribution in [0, 0.1) is 0 Å². The van der Waals surface area contributed by atoms with Crippen LogP contribution < -0.4 is 16.0 Å². The zero-order valence-electron chi connectivity index (χ0n) is 15.8. The summed E-state index contributed by atoms with van der Waals surface area (Å²) in [6.07, 6.45) is 3.75. The van der Waals surface area contributed by atoms with Gasteiger partial charge >= 0.3 is 0 Å². The van der Waals surface area contributed by atoms with Crippen molar-refractivity contribution in [1.29, 1.82) is 0 Å². The van der Waals surface area contributed by atoms with E-state index in [9.17, 15) is 9.90 Å². The topological polar surface area (TPSA) is 98.6 Å². The summed E-state index contributed by atoms with van der Waals surface area (Å²) in [6, 6.07) is 6.48. The van der Waals surface area contributed by atoms with E-state index >= 15 is 0 Å². The Bertz CT molecular complexity index is 760. The molecule has 27 heavy (non-hydrogen) atoms. The van der Waals surface area contributed by atoms with Crippen LogP contribution in [0.1, 0.15) is 34.1 Å². The second-order valence-corrected chi connectivity index (χ2v) is 6.98. The van der Waals surface area contributed by atoms with Crippen molar-refractivity contribution in [3.8, 4) is 5.75 Å². The number of phenolic OH excluding ortho intramolecular Hbond substituents is 1. The third-order valence-electron chi connectivity index (χ3n) is 3.74. The molecule has 0 aliphatic carbocycles. The van der Waals surface area contributed by atoms with E-state index in [1.54, 1.807) is 29.5 Å². The largest absolute Gasteiger partial charge is 0.507 e. The molecule has 0 fully saturated rings. The number of carbonyl (C=O) groups excluding carboxylic acids is 1. The van der Waals surface area contributed by atoms with Crippen LogP contribution in [0.4, 0.5) is 0 Å². The minimum atomic E-state index is -0.299. The maximum atomic E-state index is 12.0. The van der Waals surface area contributed by atoms with Crippen molar-refractivity contribution < 1.29 is 9.90 Å². The summed E-state index contributed by atoms with van der Waals surface area (Å²) >= 11 is 1.73. The molecule has 1 amide bonds. The Kier molecular flexibility index (Phi) is 8.57. The van der Waals surface area contributed by atoms with Gasteiger partial charge in [-0.1, -0.05) is 19.1 Å². The van der Waals surface area contributed by atoms with E-state index in [0.29, 0.717) is 25.6 Å². The first-order valence-electron chi connectivity index (χ1n) is 9.16. The summed E-state index contributed by atoms with van der Waals surface area (Å²) in [7, 11) is 0. The van der Waals surface area contributed by atoms with E-state index in [1.807, 2.05) is 13.1 Å². The number of amides is 1. The van der Waals surface area contributed by atoms with E-state index in [0.717, 1.165) is 24.4 Å². The highest BCUT2D eigenvalue weighted by atomic mass is 32.1. The van der Waals surface area contributed by atoms with Crippen molar-refractivity contribution in [2.45, 2.75) is 26.7 Å². The van der Waals surface area contributed by atoms with Crippen molar-refractivity contribution in [2.24, 2.45) is 4.99 Å². The Morgan fingerprint density at radius 3 is 2.67 bits per heavy atom. The highest BCUT2D eigenvalue weighted by Crippen LogP contribution is 2.15. The third kappa shape index (κ3) is 6.90. The number of para-hydroxylation sites is 1. The van der Waals surface area contributed by atoms with Crippen LogP contribution in [0.3, 0.4) is 0 Å².